The third kappa shape index (κ3) is 2.74. The first-order chi connectivity index (χ1) is 8.91. The lowest BCUT2D eigenvalue weighted by Crippen LogP contribution is -2.03. The fourth-order valence-corrected chi connectivity index (χ4v) is 2.75. The zero-order valence-corrected chi connectivity index (χ0v) is 11.0. The molecule has 0 amide bonds. The number of aromatic nitrogens is 1. The fourth-order valence-electron chi connectivity index (χ4n) is 1.43. The van der Waals surface area contributed by atoms with Crippen LogP contribution in [0.2, 0.25) is 5.15 Å². The minimum Gasteiger partial charge on any atom is -0.478 e. The maximum absolute atomic E-state index is 12.2. The Bertz CT molecular complexity index is 708. The van der Waals surface area contributed by atoms with Crippen molar-refractivity contribution in [2.45, 2.75) is 9.79 Å². The van der Waals surface area contributed by atoms with Gasteiger partial charge in [0, 0.05) is 6.20 Å². The number of nitrogens with zero attached hydrogens (tertiary/aromatic N) is 1. The Balaban J connectivity index is 2.44. The number of carbonyl (C=O) groups is 1. The summed E-state index contributed by atoms with van der Waals surface area (Å²) in [5.41, 5.74) is 0.0215. The SMILES string of the molecule is O=C(O)c1ccc(S(=O)(=O)c2ccc(Cl)nc2)cc1. The molecule has 98 valence electrons. The summed E-state index contributed by atoms with van der Waals surface area (Å²) in [6.45, 7) is 0. The van der Waals surface area contributed by atoms with Crippen LogP contribution in [0.1, 0.15) is 10.4 Å². The van der Waals surface area contributed by atoms with E-state index in [9.17, 15) is 13.2 Å². The van der Waals surface area contributed by atoms with Crippen molar-refractivity contribution in [1.82, 2.24) is 4.98 Å². The first-order valence-corrected chi connectivity index (χ1v) is 6.97. The summed E-state index contributed by atoms with van der Waals surface area (Å²) in [7, 11) is -3.71. The van der Waals surface area contributed by atoms with Gasteiger partial charge < -0.3 is 5.11 Å². The van der Waals surface area contributed by atoms with Crippen molar-refractivity contribution in [2.24, 2.45) is 0 Å². The smallest absolute Gasteiger partial charge is 0.335 e. The van der Waals surface area contributed by atoms with E-state index in [0.717, 1.165) is 6.20 Å². The van der Waals surface area contributed by atoms with Gasteiger partial charge in [-0.1, -0.05) is 11.6 Å². The van der Waals surface area contributed by atoms with Gasteiger partial charge in [0.15, 0.2) is 0 Å². The Morgan fingerprint density at radius 3 is 2.11 bits per heavy atom. The van der Waals surface area contributed by atoms with Gasteiger partial charge in [-0.15, -0.1) is 0 Å². The van der Waals surface area contributed by atoms with Crippen LogP contribution in [0.4, 0.5) is 0 Å². The predicted molar refractivity (Wildman–Crippen MR) is 68.1 cm³/mol. The number of hydrogen-bond donors (Lipinski definition) is 1. The van der Waals surface area contributed by atoms with Gasteiger partial charge in [0.25, 0.3) is 0 Å². The molecule has 5 nitrogen and oxygen atoms in total. The zero-order valence-electron chi connectivity index (χ0n) is 9.45. The van der Waals surface area contributed by atoms with E-state index >= 15 is 0 Å². The predicted octanol–water partition coefficient (Wildman–Crippen LogP) is 2.27. The van der Waals surface area contributed by atoms with Gasteiger partial charge in [-0.05, 0) is 36.4 Å². The van der Waals surface area contributed by atoms with Gasteiger partial charge >= 0.3 is 5.97 Å². The van der Waals surface area contributed by atoms with Gasteiger partial charge in [0.1, 0.15) is 5.15 Å². The van der Waals surface area contributed by atoms with Gasteiger partial charge in [-0.2, -0.15) is 0 Å². The number of carboxylic acid groups (broad SMARTS) is 1. The molecule has 0 aliphatic rings. The van der Waals surface area contributed by atoms with Crippen molar-refractivity contribution < 1.29 is 18.3 Å². The van der Waals surface area contributed by atoms with Crippen LogP contribution in [0.25, 0.3) is 0 Å². The van der Waals surface area contributed by atoms with Crippen LogP contribution in [0.15, 0.2) is 52.4 Å². The average Bonchev–Trinajstić information content (AvgIpc) is 2.39. The van der Waals surface area contributed by atoms with E-state index in [2.05, 4.69) is 4.98 Å². The Labute approximate surface area is 114 Å². The highest BCUT2D eigenvalue weighted by Crippen LogP contribution is 2.21. The van der Waals surface area contributed by atoms with Crippen LogP contribution >= 0.6 is 11.6 Å². The number of rotatable bonds is 3. The summed E-state index contributed by atoms with van der Waals surface area (Å²) in [4.78, 5) is 14.4. The van der Waals surface area contributed by atoms with Gasteiger partial charge in [0.05, 0.1) is 15.4 Å². The summed E-state index contributed by atoms with van der Waals surface area (Å²) in [5.74, 6) is -1.11. The van der Waals surface area contributed by atoms with Crippen molar-refractivity contribution in [3.05, 3.63) is 53.3 Å². The molecule has 0 atom stereocenters. The number of sulfone groups is 1. The molecule has 1 aromatic heterocycles. The number of pyridine rings is 1. The second-order valence-corrected chi connectivity index (χ2v) is 5.99. The molecule has 7 heteroatoms. The first-order valence-electron chi connectivity index (χ1n) is 5.11. The van der Waals surface area contributed by atoms with Crippen LogP contribution in [-0.4, -0.2) is 24.5 Å². The van der Waals surface area contributed by atoms with E-state index in [1.54, 1.807) is 0 Å². The van der Waals surface area contributed by atoms with E-state index in [0.29, 0.717) is 0 Å². The van der Waals surface area contributed by atoms with Crippen LogP contribution in [-0.2, 0) is 9.84 Å². The molecule has 0 saturated carbocycles. The molecular weight excluding hydrogens is 290 g/mol. The van der Waals surface area contributed by atoms with E-state index in [1.807, 2.05) is 0 Å². The molecule has 1 heterocycles. The molecule has 0 aliphatic carbocycles. The lowest BCUT2D eigenvalue weighted by Gasteiger charge is -2.04. The van der Waals surface area contributed by atoms with Crippen molar-refractivity contribution in [1.29, 1.82) is 0 Å². The summed E-state index contributed by atoms with van der Waals surface area (Å²) in [6.07, 6.45) is 1.16. The minimum absolute atomic E-state index is 0.0000231. The second-order valence-electron chi connectivity index (χ2n) is 3.65. The normalized spacial score (nSPS) is 11.2. The monoisotopic (exact) mass is 297 g/mol. The van der Waals surface area contributed by atoms with E-state index in [4.69, 9.17) is 16.7 Å². The van der Waals surface area contributed by atoms with E-state index < -0.39 is 15.8 Å². The largest absolute Gasteiger partial charge is 0.478 e. The quantitative estimate of drug-likeness (QED) is 0.879. The highest BCUT2D eigenvalue weighted by Gasteiger charge is 2.18. The van der Waals surface area contributed by atoms with Crippen molar-refractivity contribution in [2.75, 3.05) is 0 Å². The first kappa shape index (κ1) is 13.5. The molecule has 1 N–H and O–H groups in total. The van der Waals surface area contributed by atoms with Crippen LogP contribution < -0.4 is 0 Å². The number of benzene rings is 1. The Morgan fingerprint density at radius 2 is 1.63 bits per heavy atom. The molecule has 0 saturated heterocycles. The number of hydrogen-bond acceptors (Lipinski definition) is 4. The lowest BCUT2D eigenvalue weighted by atomic mass is 10.2. The Morgan fingerprint density at radius 1 is 1.05 bits per heavy atom. The molecule has 2 aromatic rings. The summed E-state index contributed by atoms with van der Waals surface area (Å²) in [6, 6.07) is 7.67. The summed E-state index contributed by atoms with van der Waals surface area (Å²) >= 11 is 5.59. The molecule has 1 aromatic carbocycles. The van der Waals surface area contributed by atoms with Gasteiger partial charge in [-0.25, -0.2) is 18.2 Å². The molecule has 0 unspecified atom stereocenters. The van der Waals surface area contributed by atoms with Crippen molar-refractivity contribution in [3.8, 4) is 0 Å². The van der Waals surface area contributed by atoms with Crippen molar-refractivity contribution in [3.63, 3.8) is 0 Å². The van der Waals surface area contributed by atoms with Crippen LogP contribution in [0, 0.1) is 0 Å². The molecule has 0 bridgehead atoms. The maximum Gasteiger partial charge on any atom is 0.335 e. The fraction of sp³-hybridized carbons (Fsp3) is 0. The molecule has 0 spiro atoms. The zero-order chi connectivity index (χ0) is 14.0. The topological polar surface area (TPSA) is 84.3 Å². The van der Waals surface area contributed by atoms with Gasteiger partial charge in [-0.3, -0.25) is 0 Å². The minimum atomic E-state index is -3.71. The maximum atomic E-state index is 12.2. The molecule has 2 rings (SSSR count). The highest BCUT2D eigenvalue weighted by atomic mass is 35.5. The van der Waals surface area contributed by atoms with E-state index in [1.165, 1.54) is 36.4 Å². The average molecular weight is 298 g/mol. The highest BCUT2D eigenvalue weighted by molar-refractivity contribution is 7.91. The van der Waals surface area contributed by atoms with Crippen LogP contribution in [0.3, 0.4) is 0 Å². The summed E-state index contributed by atoms with van der Waals surface area (Å²) in [5, 5.41) is 8.95. The lowest BCUT2D eigenvalue weighted by molar-refractivity contribution is 0.0697. The molecule has 0 aliphatic heterocycles. The van der Waals surface area contributed by atoms with Crippen LogP contribution in [0.5, 0.6) is 0 Å². The third-order valence-corrected chi connectivity index (χ3v) is 4.40. The Hall–Kier alpha value is -1.92. The van der Waals surface area contributed by atoms with E-state index in [-0.39, 0.29) is 20.5 Å². The molecule has 19 heavy (non-hydrogen) atoms. The molecular formula is C12H8ClNO4S. The number of carboxylic acids is 1. The third-order valence-electron chi connectivity index (χ3n) is 2.42. The molecule has 0 radical (unpaired) electrons. The van der Waals surface area contributed by atoms with Gasteiger partial charge in [0.2, 0.25) is 9.84 Å². The number of halogens is 1. The van der Waals surface area contributed by atoms with Crippen molar-refractivity contribution >= 4 is 27.4 Å². The second kappa shape index (κ2) is 4.99. The summed E-state index contributed by atoms with van der Waals surface area (Å²) < 4.78 is 24.4. The number of aromatic carboxylic acids is 1. The standard InChI is InChI=1S/C12H8ClNO4S/c13-11-6-5-10(7-14-11)19(17,18)9-3-1-8(2-4-9)12(15)16/h1-7H,(H,15,16). The molecule has 0 fully saturated rings. The Kier molecular flexibility index (Phi) is 3.55.